The molecule has 1 aromatic heterocycles. The highest BCUT2D eigenvalue weighted by atomic mass is 19.3. The van der Waals surface area contributed by atoms with Gasteiger partial charge in [-0.1, -0.05) is 0 Å². The van der Waals surface area contributed by atoms with Gasteiger partial charge < -0.3 is 10.5 Å². The molecule has 0 spiro atoms. The standard InChI is InChI=1S/C8H10F2N2O/c1-5-6(11)2-3-12-8(5)13-4-7(9)10/h2-3,7H,4H2,1H3,(H2,11,12). The molecule has 1 heterocycles. The van der Waals surface area contributed by atoms with E-state index in [2.05, 4.69) is 4.98 Å². The van der Waals surface area contributed by atoms with Crippen molar-refractivity contribution in [2.24, 2.45) is 0 Å². The van der Waals surface area contributed by atoms with Crippen molar-refractivity contribution >= 4 is 5.69 Å². The fraction of sp³-hybridized carbons (Fsp3) is 0.375. The third-order valence-electron chi connectivity index (χ3n) is 1.55. The Hall–Kier alpha value is -1.39. The molecular formula is C8H10F2N2O. The van der Waals surface area contributed by atoms with Crippen LogP contribution >= 0.6 is 0 Å². The van der Waals surface area contributed by atoms with Gasteiger partial charge in [0.1, 0.15) is 0 Å². The maximum Gasteiger partial charge on any atom is 0.272 e. The van der Waals surface area contributed by atoms with Crippen LogP contribution in [-0.2, 0) is 0 Å². The Morgan fingerprint density at radius 1 is 1.62 bits per heavy atom. The first-order valence-corrected chi connectivity index (χ1v) is 3.73. The van der Waals surface area contributed by atoms with E-state index in [0.717, 1.165) is 0 Å². The molecule has 13 heavy (non-hydrogen) atoms. The first kappa shape index (κ1) is 9.70. The number of halogens is 2. The van der Waals surface area contributed by atoms with Gasteiger partial charge in [-0.05, 0) is 13.0 Å². The Morgan fingerprint density at radius 2 is 2.31 bits per heavy atom. The summed E-state index contributed by atoms with van der Waals surface area (Å²) in [5.41, 5.74) is 6.59. The minimum Gasteiger partial charge on any atom is -0.471 e. The lowest BCUT2D eigenvalue weighted by Crippen LogP contribution is -2.09. The number of aromatic nitrogens is 1. The van der Waals surface area contributed by atoms with Crippen molar-refractivity contribution < 1.29 is 13.5 Å². The molecule has 0 fully saturated rings. The zero-order chi connectivity index (χ0) is 9.84. The van der Waals surface area contributed by atoms with E-state index in [9.17, 15) is 8.78 Å². The fourth-order valence-corrected chi connectivity index (χ4v) is 0.818. The lowest BCUT2D eigenvalue weighted by Gasteiger charge is -2.08. The normalized spacial score (nSPS) is 10.5. The first-order chi connectivity index (χ1) is 6.11. The van der Waals surface area contributed by atoms with E-state index in [1.807, 2.05) is 0 Å². The number of nitrogens with two attached hydrogens (primary N) is 1. The summed E-state index contributed by atoms with van der Waals surface area (Å²) in [5.74, 6) is 0.167. The molecule has 0 saturated heterocycles. The number of nitrogens with zero attached hydrogens (tertiary/aromatic N) is 1. The fourth-order valence-electron chi connectivity index (χ4n) is 0.818. The molecule has 0 unspecified atom stereocenters. The van der Waals surface area contributed by atoms with E-state index < -0.39 is 13.0 Å². The van der Waals surface area contributed by atoms with Crippen LogP contribution in [0.2, 0.25) is 0 Å². The predicted molar refractivity (Wildman–Crippen MR) is 44.9 cm³/mol. The van der Waals surface area contributed by atoms with Crippen LogP contribution in [0.1, 0.15) is 5.56 Å². The SMILES string of the molecule is Cc1c(N)ccnc1OCC(F)F. The maximum atomic E-state index is 11.8. The molecule has 0 bridgehead atoms. The second kappa shape index (κ2) is 4.02. The average Bonchev–Trinajstić information content (AvgIpc) is 2.07. The van der Waals surface area contributed by atoms with Crippen molar-refractivity contribution in [3.8, 4) is 5.88 Å². The minimum absolute atomic E-state index is 0.167. The van der Waals surface area contributed by atoms with Crippen LogP contribution in [0.15, 0.2) is 12.3 Å². The quantitative estimate of drug-likeness (QED) is 0.784. The summed E-state index contributed by atoms with van der Waals surface area (Å²) in [7, 11) is 0. The summed E-state index contributed by atoms with van der Waals surface area (Å²) in [5, 5.41) is 0. The minimum atomic E-state index is -2.50. The van der Waals surface area contributed by atoms with Gasteiger partial charge in [-0.2, -0.15) is 0 Å². The molecule has 2 N–H and O–H groups in total. The van der Waals surface area contributed by atoms with Crippen LogP contribution in [0.3, 0.4) is 0 Å². The largest absolute Gasteiger partial charge is 0.471 e. The van der Waals surface area contributed by atoms with E-state index in [4.69, 9.17) is 10.5 Å². The molecule has 0 amide bonds. The van der Waals surface area contributed by atoms with Gasteiger partial charge >= 0.3 is 0 Å². The summed E-state index contributed by atoms with van der Waals surface area (Å²) >= 11 is 0. The summed E-state index contributed by atoms with van der Waals surface area (Å²) in [6, 6.07) is 1.59. The van der Waals surface area contributed by atoms with Crippen molar-refractivity contribution in [1.29, 1.82) is 0 Å². The van der Waals surface area contributed by atoms with Crippen LogP contribution in [0.4, 0.5) is 14.5 Å². The third kappa shape index (κ3) is 2.54. The van der Waals surface area contributed by atoms with Crippen molar-refractivity contribution in [3.63, 3.8) is 0 Å². The molecule has 1 rings (SSSR count). The molecule has 0 saturated carbocycles. The summed E-state index contributed by atoms with van der Waals surface area (Å²) in [6.07, 6.45) is -1.08. The molecule has 72 valence electrons. The van der Waals surface area contributed by atoms with Crippen molar-refractivity contribution in [2.75, 3.05) is 12.3 Å². The van der Waals surface area contributed by atoms with Gasteiger partial charge in [0.25, 0.3) is 6.43 Å². The summed E-state index contributed by atoms with van der Waals surface area (Å²) in [6.45, 7) is 1.01. The Labute approximate surface area is 74.5 Å². The van der Waals surface area contributed by atoms with Crippen LogP contribution in [0.5, 0.6) is 5.88 Å². The molecule has 0 radical (unpaired) electrons. The summed E-state index contributed by atoms with van der Waals surface area (Å²) in [4.78, 5) is 3.78. The van der Waals surface area contributed by atoms with E-state index in [0.29, 0.717) is 11.3 Å². The van der Waals surface area contributed by atoms with Crippen molar-refractivity contribution in [3.05, 3.63) is 17.8 Å². The molecule has 0 aromatic carbocycles. The van der Waals surface area contributed by atoms with Gasteiger partial charge in [0, 0.05) is 17.4 Å². The van der Waals surface area contributed by atoms with Crippen molar-refractivity contribution in [1.82, 2.24) is 4.98 Å². The number of hydrogen-bond acceptors (Lipinski definition) is 3. The van der Waals surface area contributed by atoms with Crippen LogP contribution in [0.25, 0.3) is 0 Å². The highest BCUT2D eigenvalue weighted by molar-refractivity contribution is 5.49. The lowest BCUT2D eigenvalue weighted by atomic mass is 10.2. The number of rotatable bonds is 3. The first-order valence-electron chi connectivity index (χ1n) is 3.73. The summed E-state index contributed by atoms with van der Waals surface area (Å²) < 4.78 is 28.3. The van der Waals surface area contributed by atoms with Crippen LogP contribution < -0.4 is 10.5 Å². The topological polar surface area (TPSA) is 48.1 Å². The molecular weight excluding hydrogens is 178 g/mol. The van der Waals surface area contributed by atoms with Crippen LogP contribution in [-0.4, -0.2) is 18.0 Å². The zero-order valence-electron chi connectivity index (χ0n) is 7.13. The zero-order valence-corrected chi connectivity index (χ0v) is 7.13. The molecule has 5 heteroatoms. The number of ether oxygens (including phenoxy) is 1. The molecule has 0 aliphatic heterocycles. The van der Waals surface area contributed by atoms with Gasteiger partial charge in [-0.25, -0.2) is 13.8 Å². The molecule has 0 aliphatic carbocycles. The third-order valence-corrected chi connectivity index (χ3v) is 1.55. The smallest absolute Gasteiger partial charge is 0.272 e. The second-order valence-electron chi connectivity index (χ2n) is 2.53. The Kier molecular flexibility index (Phi) is 3.00. The maximum absolute atomic E-state index is 11.8. The lowest BCUT2D eigenvalue weighted by molar-refractivity contribution is 0.0793. The molecule has 0 aliphatic rings. The van der Waals surface area contributed by atoms with Gasteiger partial charge in [0.05, 0.1) is 0 Å². The number of alkyl halides is 2. The number of anilines is 1. The molecule has 3 nitrogen and oxygen atoms in total. The van der Waals surface area contributed by atoms with E-state index in [-0.39, 0.29) is 5.88 Å². The van der Waals surface area contributed by atoms with Gasteiger partial charge in [-0.3, -0.25) is 0 Å². The van der Waals surface area contributed by atoms with Gasteiger partial charge in [0.2, 0.25) is 5.88 Å². The van der Waals surface area contributed by atoms with Gasteiger partial charge in [-0.15, -0.1) is 0 Å². The highest BCUT2D eigenvalue weighted by Gasteiger charge is 2.07. The van der Waals surface area contributed by atoms with Crippen molar-refractivity contribution in [2.45, 2.75) is 13.3 Å². The molecule has 1 aromatic rings. The van der Waals surface area contributed by atoms with Gasteiger partial charge in [0.15, 0.2) is 6.61 Å². The average molecular weight is 188 g/mol. The second-order valence-corrected chi connectivity index (χ2v) is 2.53. The van der Waals surface area contributed by atoms with E-state index in [1.165, 1.54) is 6.20 Å². The Balaban J connectivity index is 2.71. The number of nitrogen functional groups attached to an aromatic ring is 1. The number of pyridine rings is 1. The van der Waals surface area contributed by atoms with E-state index >= 15 is 0 Å². The predicted octanol–water partition coefficient (Wildman–Crippen LogP) is 1.62. The van der Waals surface area contributed by atoms with Crippen LogP contribution in [0, 0.1) is 6.92 Å². The number of hydrogen-bond donors (Lipinski definition) is 1. The Morgan fingerprint density at radius 3 is 2.92 bits per heavy atom. The molecule has 0 atom stereocenters. The highest BCUT2D eigenvalue weighted by Crippen LogP contribution is 2.19. The monoisotopic (exact) mass is 188 g/mol. The Bertz CT molecular complexity index is 291. The van der Waals surface area contributed by atoms with E-state index in [1.54, 1.807) is 13.0 Å².